The normalized spacial score (nSPS) is 15.3. The lowest BCUT2D eigenvalue weighted by atomic mass is 9.84. The van der Waals surface area contributed by atoms with E-state index in [-0.39, 0.29) is 0 Å². The molecule has 0 fully saturated rings. The minimum atomic E-state index is -0.727. The fourth-order valence-corrected chi connectivity index (χ4v) is 0.979. The van der Waals surface area contributed by atoms with E-state index in [1.54, 1.807) is 6.92 Å². The van der Waals surface area contributed by atoms with Crippen LogP contribution in [0, 0.1) is 5.41 Å². The number of hydrogen-bond donors (Lipinski definition) is 1. The maximum absolute atomic E-state index is 10.9. The van der Waals surface area contributed by atoms with Gasteiger partial charge in [-0.25, -0.2) is 0 Å². The van der Waals surface area contributed by atoms with Crippen LogP contribution < -0.4 is 0 Å². The van der Waals surface area contributed by atoms with E-state index in [0.717, 1.165) is 13.0 Å². The molecule has 0 rings (SSSR count). The summed E-state index contributed by atoms with van der Waals surface area (Å²) in [5.74, 6) is -0.727. The zero-order valence-corrected chi connectivity index (χ0v) is 8.80. The summed E-state index contributed by atoms with van der Waals surface area (Å²) in [6.45, 7) is 6.97. The Balaban J connectivity index is 3.78. The molecule has 0 saturated heterocycles. The van der Waals surface area contributed by atoms with Crippen LogP contribution in [0.3, 0.4) is 0 Å². The summed E-state index contributed by atoms with van der Waals surface area (Å²) in [5.41, 5.74) is -0.617. The second-order valence-electron chi connectivity index (χ2n) is 3.58. The highest BCUT2D eigenvalue weighted by Gasteiger charge is 2.30. The van der Waals surface area contributed by atoms with Crippen LogP contribution in [0.4, 0.5) is 0 Å². The monoisotopic (exact) mass is 188 g/mol. The largest absolute Gasteiger partial charge is 0.481 e. The Morgan fingerprint density at radius 1 is 1.38 bits per heavy atom. The van der Waals surface area contributed by atoms with Crippen molar-refractivity contribution >= 4 is 5.97 Å². The number of carbonyl (C=O) groups is 1. The van der Waals surface area contributed by atoms with E-state index in [9.17, 15) is 4.79 Å². The number of carboxylic acid groups (broad SMARTS) is 1. The first-order chi connectivity index (χ1) is 6.06. The molecule has 0 aliphatic carbocycles. The number of carboxylic acids is 1. The van der Waals surface area contributed by atoms with Crippen LogP contribution in [0.1, 0.15) is 40.0 Å². The molecule has 0 aromatic rings. The molecule has 0 aliphatic rings. The molecule has 0 spiro atoms. The van der Waals surface area contributed by atoms with Gasteiger partial charge < -0.3 is 9.84 Å². The summed E-state index contributed by atoms with van der Waals surface area (Å²) in [5, 5.41) is 8.93. The van der Waals surface area contributed by atoms with Crippen LogP contribution >= 0.6 is 0 Å². The van der Waals surface area contributed by atoms with E-state index in [1.165, 1.54) is 0 Å². The fourth-order valence-electron chi connectivity index (χ4n) is 0.979. The maximum Gasteiger partial charge on any atom is 0.309 e. The SMILES string of the molecule is CCCOCCC(C)(CC)C(=O)O. The number of rotatable bonds is 7. The van der Waals surface area contributed by atoms with Gasteiger partial charge in [-0.05, 0) is 26.2 Å². The predicted octanol–water partition coefficient (Wildman–Crippen LogP) is 2.30. The van der Waals surface area contributed by atoms with E-state index < -0.39 is 11.4 Å². The average molecular weight is 188 g/mol. The smallest absolute Gasteiger partial charge is 0.309 e. The van der Waals surface area contributed by atoms with Gasteiger partial charge in [-0.2, -0.15) is 0 Å². The van der Waals surface area contributed by atoms with E-state index in [1.807, 2.05) is 13.8 Å². The minimum absolute atomic E-state index is 0.546. The van der Waals surface area contributed by atoms with Gasteiger partial charge in [0.05, 0.1) is 5.41 Å². The zero-order chi connectivity index (χ0) is 10.3. The number of hydrogen-bond acceptors (Lipinski definition) is 2. The van der Waals surface area contributed by atoms with Gasteiger partial charge in [0, 0.05) is 13.2 Å². The molecule has 78 valence electrons. The second kappa shape index (κ2) is 5.97. The molecule has 0 aromatic carbocycles. The van der Waals surface area contributed by atoms with Crippen LogP contribution in [0.25, 0.3) is 0 Å². The summed E-state index contributed by atoms with van der Waals surface area (Å²) in [6, 6.07) is 0. The third-order valence-electron chi connectivity index (χ3n) is 2.44. The second-order valence-corrected chi connectivity index (χ2v) is 3.58. The summed E-state index contributed by atoms with van der Waals surface area (Å²) in [6.07, 6.45) is 2.23. The van der Waals surface area contributed by atoms with Crippen molar-refractivity contribution in [1.82, 2.24) is 0 Å². The Morgan fingerprint density at radius 3 is 2.38 bits per heavy atom. The van der Waals surface area contributed by atoms with Gasteiger partial charge in [0.2, 0.25) is 0 Å². The average Bonchev–Trinajstić information content (AvgIpc) is 2.12. The number of ether oxygens (including phenoxy) is 1. The molecular weight excluding hydrogens is 168 g/mol. The predicted molar refractivity (Wildman–Crippen MR) is 51.8 cm³/mol. The Bertz CT molecular complexity index is 156. The van der Waals surface area contributed by atoms with Crippen molar-refractivity contribution in [3.63, 3.8) is 0 Å². The summed E-state index contributed by atoms with van der Waals surface area (Å²) >= 11 is 0. The Labute approximate surface area is 80.1 Å². The van der Waals surface area contributed by atoms with E-state index in [2.05, 4.69) is 0 Å². The summed E-state index contributed by atoms with van der Waals surface area (Å²) in [7, 11) is 0. The van der Waals surface area contributed by atoms with Gasteiger partial charge in [-0.1, -0.05) is 13.8 Å². The Morgan fingerprint density at radius 2 is 2.00 bits per heavy atom. The molecule has 1 unspecified atom stereocenters. The van der Waals surface area contributed by atoms with Crippen molar-refractivity contribution in [3.05, 3.63) is 0 Å². The van der Waals surface area contributed by atoms with Crippen LogP contribution in [0.15, 0.2) is 0 Å². The third-order valence-corrected chi connectivity index (χ3v) is 2.44. The summed E-state index contributed by atoms with van der Waals surface area (Å²) in [4.78, 5) is 10.9. The topological polar surface area (TPSA) is 46.5 Å². The molecule has 3 nitrogen and oxygen atoms in total. The van der Waals surface area contributed by atoms with E-state index in [0.29, 0.717) is 19.4 Å². The van der Waals surface area contributed by atoms with Gasteiger partial charge in [0.15, 0.2) is 0 Å². The molecule has 13 heavy (non-hydrogen) atoms. The minimum Gasteiger partial charge on any atom is -0.481 e. The third kappa shape index (κ3) is 4.27. The van der Waals surface area contributed by atoms with Gasteiger partial charge in [-0.15, -0.1) is 0 Å². The van der Waals surface area contributed by atoms with Crippen LogP contribution in [-0.4, -0.2) is 24.3 Å². The van der Waals surface area contributed by atoms with Gasteiger partial charge in [-0.3, -0.25) is 4.79 Å². The highest BCUT2D eigenvalue weighted by Crippen LogP contribution is 2.25. The molecule has 0 bridgehead atoms. The maximum atomic E-state index is 10.9. The molecule has 1 atom stereocenters. The fraction of sp³-hybridized carbons (Fsp3) is 0.900. The van der Waals surface area contributed by atoms with Crippen molar-refractivity contribution in [2.24, 2.45) is 5.41 Å². The molecule has 0 radical (unpaired) electrons. The van der Waals surface area contributed by atoms with Crippen molar-refractivity contribution in [1.29, 1.82) is 0 Å². The quantitative estimate of drug-likeness (QED) is 0.623. The molecular formula is C10H20O3. The van der Waals surface area contributed by atoms with Crippen LogP contribution in [0.2, 0.25) is 0 Å². The van der Waals surface area contributed by atoms with Crippen molar-refractivity contribution < 1.29 is 14.6 Å². The van der Waals surface area contributed by atoms with Crippen LogP contribution in [0.5, 0.6) is 0 Å². The lowest BCUT2D eigenvalue weighted by Gasteiger charge is -2.22. The molecule has 0 saturated carbocycles. The summed E-state index contributed by atoms with van der Waals surface area (Å²) < 4.78 is 5.27. The van der Waals surface area contributed by atoms with Crippen molar-refractivity contribution in [2.45, 2.75) is 40.0 Å². The van der Waals surface area contributed by atoms with Gasteiger partial charge >= 0.3 is 5.97 Å². The van der Waals surface area contributed by atoms with Crippen molar-refractivity contribution in [3.8, 4) is 0 Å². The molecule has 1 N–H and O–H groups in total. The van der Waals surface area contributed by atoms with Gasteiger partial charge in [0.1, 0.15) is 0 Å². The highest BCUT2D eigenvalue weighted by molar-refractivity contribution is 5.73. The molecule has 0 aromatic heterocycles. The van der Waals surface area contributed by atoms with Crippen molar-refractivity contribution in [2.75, 3.05) is 13.2 Å². The zero-order valence-electron chi connectivity index (χ0n) is 8.80. The first kappa shape index (κ1) is 12.4. The lowest BCUT2D eigenvalue weighted by Crippen LogP contribution is -2.28. The van der Waals surface area contributed by atoms with Crippen LogP contribution in [-0.2, 0) is 9.53 Å². The molecule has 3 heteroatoms. The molecule has 0 heterocycles. The van der Waals surface area contributed by atoms with Gasteiger partial charge in [0.25, 0.3) is 0 Å². The Kier molecular flexibility index (Phi) is 5.71. The first-order valence-corrected chi connectivity index (χ1v) is 4.88. The number of aliphatic carboxylic acids is 1. The van der Waals surface area contributed by atoms with E-state index in [4.69, 9.17) is 9.84 Å². The standard InChI is InChI=1S/C10H20O3/c1-4-7-13-8-6-10(3,5-2)9(11)12/h4-8H2,1-3H3,(H,11,12). The first-order valence-electron chi connectivity index (χ1n) is 4.88. The lowest BCUT2D eigenvalue weighted by molar-refractivity contribution is -0.149. The van der Waals surface area contributed by atoms with E-state index >= 15 is 0 Å². The molecule has 0 aliphatic heterocycles. The Hall–Kier alpha value is -0.570. The molecule has 0 amide bonds. The highest BCUT2D eigenvalue weighted by atomic mass is 16.5.